The lowest BCUT2D eigenvalue weighted by Crippen LogP contribution is -2.26. The zero-order chi connectivity index (χ0) is 16.5. The molecule has 122 valence electrons. The predicted molar refractivity (Wildman–Crippen MR) is 95.1 cm³/mol. The smallest absolute Gasteiger partial charge is 0.230 e. The SMILES string of the molecule is Cc1ccc(CCCNC(=O)CSCc2ccccc2F)cc1. The van der Waals surface area contributed by atoms with Crippen molar-refractivity contribution in [2.45, 2.75) is 25.5 Å². The van der Waals surface area contributed by atoms with Gasteiger partial charge in [0.05, 0.1) is 5.75 Å². The molecule has 0 unspecified atom stereocenters. The van der Waals surface area contributed by atoms with Crippen molar-refractivity contribution in [3.05, 3.63) is 71.0 Å². The monoisotopic (exact) mass is 331 g/mol. The molecule has 2 aromatic carbocycles. The van der Waals surface area contributed by atoms with Crippen LogP contribution in [0.25, 0.3) is 0 Å². The molecule has 0 atom stereocenters. The maximum atomic E-state index is 13.4. The van der Waals surface area contributed by atoms with E-state index >= 15 is 0 Å². The standard InChI is InChI=1S/C19H22FNOS/c1-15-8-10-16(11-9-15)5-4-12-21-19(22)14-23-13-17-6-2-3-7-18(17)20/h2-3,6-11H,4-5,12-14H2,1H3,(H,21,22). The van der Waals surface area contributed by atoms with Gasteiger partial charge in [-0.15, -0.1) is 11.8 Å². The third kappa shape index (κ3) is 6.45. The average Bonchev–Trinajstić information content (AvgIpc) is 2.55. The highest BCUT2D eigenvalue weighted by Gasteiger charge is 2.04. The van der Waals surface area contributed by atoms with Gasteiger partial charge < -0.3 is 5.32 Å². The highest BCUT2D eigenvalue weighted by atomic mass is 32.2. The summed E-state index contributed by atoms with van der Waals surface area (Å²) in [6, 6.07) is 15.1. The van der Waals surface area contributed by atoms with E-state index in [4.69, 9.17) is 0 Å². The van der Waals surface area contributed by atoms with Crippen LogP contribution >= 0.6 is 11.8 Å². The second-order valence-corrected chi connectivity index (χ2v) is 6.51. The van der Waals surface area contributed by atoms with E-state index in [1.165, 1.54) is 29.0 Å². The first-order valence-corrected chi connectivity index (χ1v) is 8.94. The minimum absolute atomic E-state index is 0.00949. The quantitative estimate of drug-likeness (QED) is 0.737. The molecule has 0 bridgehead atoms. The first-order chi connectivity index (χ1) is 11.1. The number of thioether (sulfide) groups is 1. The number of carbonyl (C=O) groups is 1. The number of hydrogen-bond donors (Lipinski definition) is 1. The third-order valence-electron chi connectivity index (χ3n) is 3.53. The van der Waals surface area contributed by atoms with Gasteiger partial charge in [0.15, 0.2) is 0 Å². The summed E-state index contributed by atoms with van der Waals surface area (Å²) in [6.45, 7) is 2.75. The summed E-state index contributed by atoms with van der Waals surface area (Å²) in [5, 5.41) is 2.91. The zero-order valence-corrected chi connectivity index (χ0v) is 14.2. The van der Waals surface area contributed by atoms with Gasteiger partial charge in [-0.05, 0) is 37.0 Å². The number of aryl methyl sites for hydroxylation is 2. The number of hydrogen-bond acceptors (Lipinski definition) is 2. The Morgan fingerprint density at radius 2 is 1.87 bits per heavy atom. The molecule has 0 saturated carbocycles. The minimum atomic E-state index is -0.210. The van der Waals surface area contributed by atoms with Crippen LogP contribution in [-0.4, -0.2) is 18.2 Å². The van der Waals surface area contributed by atoms with Gasteiger partial charge in [0.25, 0.3) is 0 Å². The Bertz CT molecular complexity index is 628. The highest BCUT2D eigenvalue weighted by molar-refractivity contribution is 7.99. The highest BCUT2D eigenvalue weighted by Crippen LogP contribution is 2.15. The average molecular weight is 331 g/mol. The molecular formula is C19H22FNOS. The van der Waals surface area contributed by atoms with Gasteiger partial charge in [-0.3, -0.25) is 4.79 Å². The van der Waals surface area contributed by atoms with Crippen molar-refractivity contribution in [3.8, 4) is 0 Å². The Morgan fingerprint density at radius 3 is 2.61 bits per heavy atom. The number of halogens is 1. The maximum absolute atomic E-state index is 13.4. The topological polar surface area (TPSA) is 29.1 Å². The molecule has 2 aromatic rings. The van der Waals surface area contributed by atoms with E-state index < -0.39 is 0 Å². The van der Waals surface area contributed by atoms with Crippen molar-refractivity contribution in [2.75, 3.05) is 12.3 Å². The Morgan fingerprint density at radius 1 is 1.13 bits per heavy atom. The molecular weight excluding hydrogens is 309 g/mol. The van der Waals surface area contributed by atoms with Crippen LogP contribution in [0.4, 0.5) is 4.39 Å². The van der Waals surface area contributed by atoms with Crippen molar-refractivity contribution in [3.63, 3.8) is 0 Å². The summed E-state index contributed by atoms with van der Waals surface area (Å²) in [6.07, 6.45) is 1.88. The van der Waals surface area contributed by atoms with Crippen LogP contribution in [0.5, 0.6) is 0 Å². The van der Waals surface area contributed by atoms with Gasteiger partial charge in [-0.25, -0.2) is 4.39 Å². The normalized spacial score (nSPS) is 10.5. The van der Waals surface area contributed by atoms with E-state index in [1.54, 1.807) is 12.1 Å². The van der Waals surface area contributed by atoms with E-state index in [0.29, 0.717) is 23.6 Å². The maximum Gasteiger partial charge on any atom is 0.230 e. The van der Waals surface area contributed by atoms with Crippen molar-refractivity contribution < 1.29 is 9.18 Å². The van der Waals surface area contributed by atoms with E-state index in [1.807, 2.05) is 6.07 Å². The lowest BCUT2D eigenvalue weighted by molar-refractivity contribution is -0.118. The van der Waals surface area contributed by atoms with E-state index in [2.05, 4.69) is 36.5 Å². The predicted octanol–water partition coefficient (Wildman–Crippen LogP) is 4.12. The largest absolute Gasteiger partial charge is 0.355 e. The Kier molecular flexibility index (Phi) is 7.14. The van der Waals surface area contributed by atoms with Gasteiger partial charge >= 0.3 is 0 Å². The molecule has 0 aliphatic carbocycles. The van der Waals surface area contributed by atoms with Crippen LogP contribution < -0.4 is 5.32 Å². The van der Waals surface area contributed by atoms with Crippen molar-refractivity contribution in [2.24, 2.45) is 0 Å². The number of amides is 1. The molecule has 0 radical (unpaired) electrons. The van der Waals surface area contributed by atoms with Gasteiger partial charge in [-0.1, -0.05) is 48.0 Å². The van der Waals surface area contributed by atoms with Gasteiger partial charge in [0.2, 0.25) is 5.91 Å². The fraction of sp³-hybridized carbons (Fsp3) is 0.316. The van der Waals surface area contributed by atoms with Crippen LogP contribution in [0, 0.1) is 12.7 Å². The van der Waals surface area contributed by atoms with E-state index in [-0.39, 0.29) is 11.7 Å². The Labute approximate surface area is 141 Å². The van der Waals surface area contributed by atoms with E-state index in [9.17, 15) is 9.18 Å². The minimum Gasteiger partial charge on any atom is -0.355 e. The summed E-state index contributed by atoms with van der Waals surface area (Å²) in [7, 11) is 0. The Hall–Kier alpha value is -1.81. The summed E-state index contributed by atoms with van der Waals surface area (Å²) in [5.41, 5.74) is 3.19. The molecule has 0 fully saturated rings. The number of rotatable bonds is 8. The summed E-state index contributed by atoms with van der Waals surface area (Å²) in [5.74, 6) is 0.677. The second-order valence-electron chi connectivity index (χ2n) is 5.52. The summed E-state index contributed by atoms with van der Waals surface area (Å²) >= 11 is 1.43. The molecule has 1 amide bonds. The molecule has 2 nitrogen and oxygen atoms in total. The molecule has 0 saturated heterocycles. The molecule has 0 aromatic heterocycles. The molecule has 1 N–H and O–H groups in total. The summed E-state index contributed by atoms with van der Waals surface area (Å²) < 4.78 is 13.4. The molecule has 2 rings (SSSR count). The third-order valence-corrected chi connectivity index (χ3v) is 4.51. The number of carbonyl (C=O) groups excluding carboxylic acids is 1. The number of nitrogens with one attached hydrogen (secondary N) is 1. The first-order valence-electron chi connectivity index (χ1n) is 7.78. The van der Waals surface area contributed by atoms with Crippen molar-refractivity contribution >= 4 is 17.7 Å². The second kappa shape index (κ2) is 9.36. The van der Waals surface area contributed by atoms with Crippen molar-refractivity contribution in [1.82, 2.24) is 5.32 Å². The molecule has 23 heavy (non-hydrogen) atoms. The van der Waals surface area contributed by atoms with Crippen LogP contribution in [0.2, 0.25) is 0 Å². The fourth-order valence-electron chi connectivity index (χ4n) is 2.20. The van der Waals surface area contributed by atoms with Gasteiger partial charge in [0, 0.05) is 12.3 Å². The van der Waals surface area contributed by atoms with Crippen LogP contribution in [0.3, 0.4) is 0 Å². The molecule has 0 heterocycles. The molecule has 0 aliphatic heterocycles. The zero-order valence-electron chi connectivity index (χ0n) is 13.3. The number of benzene rings is 2. The lowest BCUT2D eigenvalue weighted by Gasteiger charge is -2.06. The van der Waals surface area contributed by atoms with E-state index in [0.717, 1.165) is 12.8 Å². The molecule has 0 aliphatic rings. The first kappa shape index (κ1) is 17.5. The van der Waals surface area contributed by atoms with Crippen LogP contribution in [0.15, 0.2) is 48.5 Å². The van der Waals surface area contributed by atoms with Crippen LogP contribution in [0.1, 0.15) is 23.1 Å². The fourth-order valence-corrected chi connectivity index (χ4v) is 3.04. The summed E-state index contributed by atoms with van der Waals surface area (Å²) in [4.78, 5) is 11.7. The molecule has 0 spiro atoms. The lowest BCUT2D eigenvalue weighted by atomic mass is 10.1. The van der Waals surface area contributed by atoms with Crippen molar-refractivity contribution in [1.29, 1.82) is 0 Å². The van der Waals surface area contributed by atoms with Gasteiger partial charge in [-0.2, -0.15) is 0 Å². The van der Waals surface area contributed by atoms with Crippen LogP contribution in [-0.2, 0) is 17.0 Å². The molecule has 4 heteroatoms. The Balaban J connectivity index is 1.58. The van der Waals surface area contributed by atoms with Gasteiger partial charge in [0.1, 0.15) is 5.82 Å².